The second kappa shape index (κ2) is 4.11. The van der Waals surface area contributed by atoms with E-state index in [1.807, 2.05) is 13.0 Å². The largest absolute Gasteiger partial charge is 0.264 e. The van der Waals surface area contributed by atoms with Gasteiger partial charge >= 0.3 is 0 Å². The predicted octanol–water partition coefficient (Wildman–Crippen LogP) is 3.07. The van der Waals surface area contributed by atoms with E-state index < -0.39 is 5.82 Å². The van der Waals surface area contributed by atoms with Gasteiger partial charge in [-0.3, -0.25) is 4.98 Å². The van der Waals surface area contributed by atoms with Crippen LogP contribution in [0.15, 0.2) is 36.7 Å². The van der Waals surface area contributed by atoms with Crippen LogP contribution in [0.5, 0.6) is 0 Å². The third kappa shape index (κ3) is 1.78. The van der Waals surface area contributed by atoms with E-state index in [0.29, 0.717) is 0 Å². The van der Waals surface area contributed by atoms with E-state index in [-0.39, 0.29) is 5.56 Å². The SMILES string of the molecule is Cc1ccncc1-c1ccc(C#N)c(F)c1. The van der Waals surface area contributed by atoms with E-state index in [4.69, 9.17) is 5.26 Å². The first-order valence-electron chi connectivity index (χ1n) is 4.83. The van der Waals surface area contributed by atoms with E-state index in [0.717, 1.165) is 16.7 Å². The van der Waals surface area contributed by atoms with Crippen molar-refractivity contribution >= 4 is 0 Å². The Morgan fingerprint density at radius 1 is 1.31 bits per heavy atom. The first-order chi connectivity index (χ1) is 7.72. The molecule has 0 unspecified atom stereocenters. The molecule has 0 N–H and O–H groups in total. The molecule has 1 heterocycles. The molecule has 16 heavy (non-hydrogen) atoms. The van der Waals surface area contributed by atoms with Crippen molar-refractivity contribution in [3.05, 3.63) is 53.6 Å². The van der Waals surface area contributed by atoms with Crippen LogP contribution in [0.2, 0.25) is 0 Å². The van der Waals surface area contributed by atoms with Gasteiger partial charge in [0.05, 0.1) is 5.56 Å². The van der Waals surface area contributed by atoms with Gasteiger partial charge in [-0.1, -0.05) is 6.07 Å². The molecule has 0 bridgehead atoms. The number of aryl methyl sites for hydroxylation is 1. The van der Waals surface area contributed by atoms with Gasteiger partial charge in [0.1, 0.15) is 11.9 Å². The summed E-state index contributed by atoms with van der Waals surface area (Å²) in [5.74, 6) is -0.497. The van der Waals surface area contributed by atoms with Gasteiger partial charge in [-0.15, -0.1) is 0 Å². The summed E-state index contributed by atoms with van der Waals surface area (Å²) in [7, 11) is 0. The van der Waals surface area contributed by atoms with Crippen LogP contribution in [0.3, 0.4) is 0 Å². The number of aromatic nitrogens is 1. The normalized spacial score (nSPS) is 9.81. The Morgan fingerprint density at radius 2 is 2.12 bits per heavy atom. The smallest absolute Gasteiger partial charge is 0.141 e. The molecule has 0 amide bonds. The minimum Gasteiger partial charge on any atom is -0.264 e. The highest BCUT2D eigenvalue weighted by atomic mass is 19.1. The predicted molar refractivity (Wildman–Crippen MR) is 59.1 cm³/mol. The molecular weight excluding hydrogens is 203 g/mol. The first kappa shape index (κ1) is 10.3. The Balaban J connectivity index is 2.55. The number of pyridine rings is 1. The van der Waals surface area contributed by atoms with Gasteiger partial charge in [0.15, 0.2) is 0 Å². The van der Waals surface area contributed by atoms with Crippen LogP contribution in [0.4, 0.5) is 4.39 Å². The lowest BCUT2D eigenvalue weighted by Crippen LogP contribution is -1.88. The summed E-state index contributed by atoms with van der Waals surface area (Å²) in [5, 5.41) is 8.63. The van der Waals surface area contributed by atoms with Crippen molar-refractivity contribution < 1.29 is 4.39 Å². The highest BCUT2D eigenvalue weighted by Gasteiger charge is 2.06. The van der Waals surface area contributed by atoms with Gasteiger partial charge < -0.3 is 0 Å². The van der Waals surface area contributed by atoms with Crippen molar-refractivity contribution in [2.45, 2.75) is 6.92 Å². The zero-order valence-corrected chi connectivity index (χ0v) is 8.74. The van der Waals surface area contributed by atoms with Gasteiger partial charge in [-0.25, -0.2) is 4.39 Å². The highest BCUT2D eigenvalue weighted by Crippen LogP contribution is 2.23. The molecule has 1 aromatic carbocycles. The lowest BCUT2D eigenvalue weighted by atomic mass is 10.0. The van der Waals surface area contributed by atoms with Gasteiger partial charge in [0, 0.05) is 18.0 Å². The van der Waals surface area contributed by atoms with Crippen LogP contribution in [0, 0.1) is 24.1 Å². The fourth-order valence-corrected chi connectivity index (χ4v) is 1.54. The summed E-state index contributed by atoms with van der Waals surface area (Å²) in [6, 6.07) is 8.24. The van der Waals surface area contributed by atoms with Crippen LogP contribution >= 0.6 is 0 Å². The van der Waals surface area contributed by atoms with Crippen molar-refractivity contribution in [2.75, 3.05) is 0 Å². The summed E-state index contributed by atoms with van der Waals surface area (Å²) in [5.41, 5.74) is 2.71. The van der Waals surface area contributed by atoms with E-state index in [1.54, 1.807) is 24.5 Å². The van der Waals surface area contributed by atoms with Gasteiger partial charge in [-0.2, -0.15) is 5.26 Å². The molecule has 3 heteroatoms. The number of hydrogen-bond acceptors (Lipinski definition) is 2. The fraction of sp³-hybridized carbons (Fsp3) is 0.0769. The number of rotatable bonds is 1. The Hall–Kier alpha value is -2.21. The molecule has 0 aliphatic rings. The fourth-order valence-electron chi connectivity index (χ4n) is 1.54. The molecule has 0 aliphatic carbocycles. The average Bonchev–Trinajstić information content (AvgIpc) is 2.29. The minimum atomic E-state index is -0.497. The molecule has 0 aliphatic heterocycles. The van der Waals surface area contributed by atoms with E-state index in [2.05, 4.69) is 4.98 Å². The summed E-state index contributed by atoms with van der Waals surface area (Å²) < 4.78 is 13.4. The summed E-state index contributed by atoms with van der Waals surface area (Å²) in [6.07, 6.45) is 3.38. The second-order valence-electron chi connectivity index (χ2n) is 3.50. The summed E-state index contributed by atoms with van der Waals surface area (Å²) in [4.78, 5) is 4.01. The van der Waals surface area contributed by atoms with E-state index in [9.17, 15) is 4.39 Å². The number of hydrogen-bond donors (Lipinski definition) is 0. The molecule has 0 atom stereocenters. The maximum atomic E-state index is 13.4. The summed E-state index contributed by atoms with van der Waals surface area (Å²) >= 11 is 0. The van der Waals surface area contributed by atoms with Crippen molar-refractivity contribution in [3.8, 4) is 17.2 Å². The number of halogens is 1. The van der Waals surface area contributed by atoms with Crippen LogP contribution < -0.4 is 0 Å². The molecule has 2 aromatic rings. The molecule has 0 saturated carbocycles. The minimum absolute atomic E-state index is 0.0605. The van der Waals surface area contributed by atoms with E-state index in [1.165, 1.54) is 12.1 Å². The molecular formula is C13H9FN2. The molecule has 1 aromatic heterocycles. The standard InChI is InChI=1S/C13H9FN2/c1-9-4-5-16-8-12(9)10-2-3-11(7-15)13(14)6-10/h2-6,8H,1H3. The number of nitriles is 1. The summed E-state index contributed by atoms with van der Waals surface area (Å²) in [6.45, 7) is 1.94. The first-order valence-corrected chi connectivity index (χ1v) is 4.83. The molecule has 0 fully saturated rings. The zero-order chi connectivity index (χ0) is 11.5. The van der Waals surface area contributed by atoms with Crippen molar-refractivity contribution in [1.29, 1.82) is 5.26 Å². The van der Waals surface area contributed by atoms with Crippen molar-refractivity contribution in [1.82, 2.24) is 4.98 Å². The quantitative estimate of drug-likeness (QED) is 0.728. The number of benzene rings is 1. The Labute approximate surface area is 93.0 Å². The Morgan fingerprint density at radius 3 is 2.75 bits per heavy atom. The molecule has 78 valence electrons. The second-order valence-corrected chi connectivity index (χ2v) is 3.50. The Bertz CT molecular complexity index is 570. The average molecular weight is 212 g/mol. The van der Waals surface area contributed by atoms with Gasteiger partial charge in [-0.05, 0) is 36.2 Å². The van der Waals surface area contributed by atoms with Gasteiger partial charge in [0.2, 0.25) is 0 Å². The van der Waals surface area contributed by atoms with Crippen LogP contribution in [0.25, 0.3) is 11.1 Å². The third-order valence-corrected chi connectivity index (χ3v) is 2.44. The Kier molecular flexibility index (Phi) is 2.65. The number of nitrogens with zero attached hydrogens (tertiary/aromatic N) is 2. The van der Waals surface area contributed by atoms with Crippen LogP contribution in [-0.2, 0) is 0 Å². The molecule has 0 saturated heterocycles. The van der Waals surface area contributed by atoms with Crippen LogP contribution in [-0.4, -0.2) is 4.98 Å². The van der Waals surface area contributed by atoms with E-state index >= 15 is 0 Å². The lowest BCUT2D eigenvalue weighted by Gasteiger charge is -2.05. The third-order valence-electron chi connectivity index (χ3n) is 2.44. The molecule has 2 rings (SSSR count). The lowest BCUT2D eigenvalue weighted by molar-refractivity contribution is 0.624. The van der Waals surface area contributed by atoms with Crippen molar-refractivity contribution in [3.63, 3.8) is 0 Å². The zero-order valence-electron chi connectivity index (χ0n) is 8.74. The molecule has 0 spiro atoms. The van der Waals surface area contributed by atoms with Gasteiger partial charge in [0.25, 0.3) is 0 Å². The molecule has 2 nitrogen and oxygen atoms in total. The van der Waals surface area contributed by atoms with Crippen molar-refractivity contribution in [2.24, 2.45) is 0 Å². The highest BCUT2D eigenvalue weighted by molar-refractivity contribution is 5.66. The topological polar surface area (TPSA) is 36.7 Å². The maximum absolute atomic E-state index is 13.4. The maximum Gasteiger partial charge on any atom is 0.141 e. The monoisotopic (exact) mass is 212 g/mol. The van der Waals surface area contributed by atoms with Crippen LogP contribution in [0.1, 0.15) is 11.1 Å². The molecule has 0 radical (unpaired) electrons.